The number of carbonyl (C=O) groups excluding carboxylic acids is 1. The fourth-order valence-electron chi connectivity index (χ4n) is 4.19. The lowest BCUT2D eigenvalue weighted by Crippen LogP contribution is -2.60. The highest BCUT2D eigenvalue weighted by molar-refractivity contribution is 7.91. The van der Waals surface area contributed by atoms with Crippen molar-refractivity contribution in [1.82, 2.24) is 14.8 Å². The van der Waals surface area contributed by atoms with Crippen molar-refractivity contribution in [3.05, 3.63) is 29.6 Å². The Morgan fingerprint density at radius 1 is 1.31 bits per heavy atom. The number of hydroxylamine groups is 1. The number of carbonyl (C=O) groups is 1. The van der Waals surface area contributed by atoms with Crippen molar-refractivity contribution >= 4 is 28.3 Å². The van der Waals surface area contributed by atoms with Crippen LogP contribution in [0.2, 0.25) is 0 Å². The molecule has 2 aliphatic heterocycles. The van der Waals surface area contributed by atoms with Crippen LogP contribution in [0.15, 0.2) is 18.3 Å². The van der Waals surface area contributed by atoms with Gasteiger partial charge in [-0.05, 0) is 31.4 Å². The minimum Gasteiger partial charge on any atom is -0.381 e. The Morgan fingerprint density at radius 2 is 2.00 bits per heavy atom. The second-order valence-electron chi connectivity index (χ2n) is 8.10. The molecule has 8 nitrogen and oxygen atoms in total. The molecular weight excluding hydrogens is 454 g/mol. The molecule has 0 aliphatic carbocycles. The molecule has 0 saturated carbocycles. The number of halogens is 1. The van der Waals surface area contributed by atoms with E-state index in [0.717, 1.165) is 30.5 Å². The fourth-order valence-corrected chi connectivity index (χ4v) is 6.34. The summed E-state index contributed by atoms with van der Waals surface area (Å²) in [5, 5.41) is 9.17. The number of amides is 1. The lowest BCUT2D eigenvalue weighted by atomic mass is 9.94. The summed E-state index contributed by atoms with van der Waals surface area (Å²) in [7, 11) is -3.94. The molecule has 1 aromatic heterocycles. The van der Waals surface area contributed by atoms with Crippen LogP contribution in [0.5, 0.6) is 0 Å². The Hall–Kier alpha value is -1.70. The Labute approximate surface area is 196 Å². The third-order valence-electron chi connectivity index (χ3n) is 6.20. The lowest BCUT2D eigenvalue weighted by molar-refractivity contribution is -0.134. The average molecular weight is 486 g/mol. The van der Waals surface area contributed by atoms with E-state index >= 15 is 0 Å². The van der Waals surface area contributed by atoms with Crippen molar-refractivity contribution in [1.29, 1.82) is 0 Å². The van der Waals surface area contributed by atoms with Crippen molar-refractivity contribution in [3.8, 4) is 11.8 Å². The highest BCUT2D eigenvalue weighted by atomic mass is 35.5. The van der Waals surface area contributed by atoms with Gasteiger partial charge in [0, 0.05) is 68.9 Å². The van der Waals surface area contributed by atoms with Crippen LogP contribution in [-0.2, 0) is 19.6 Å². The van der Waals surface area contributed by atoms with Gasteiger partial charge < -0.3 is 4.74 Å². The van der Waals surface area contributed by atoms with E-state index in [1.54, 1.807) is 11.7 Å². The van der Waals surface area contributed by atoms with E-state index in [0.29, 0.717) is 25.9 Å². The first-order valence-corrected chi connectivity index (χ1v) is 12.4. The Balaban J connectivity index is 0.00000363. The molecule has 0 atom stereocenters. The molecular formula is C22H32ClN3O5S. The van der Waals surface area contributed by atoms with Crippen LogP contribution in [0.1, 0.15) is 69.0 Å². The maximum absolute atomic E-state index is 13.4. The molecule has 2 saturated heterocycles. The molecule has 1 amide bonds. The van der Waals surface area contributed by atoms with E-state index < -0.39 is 20.7 Å². The molecule has 1 aromatic rings. The first-order chi connectivity index (χ1) is 14.9. The van der Waals surface area contributed by atoms with Gasteiger partial charge in [0.1, 0.15) is 0 Å². The molecule has 0 spiro atoms. The largest absolute Gasteiger partial charge is 0.381 e. The van der Waals surface area contributed by atoms with Crippen LogP contribution in [0.25, 0.3) is 0 Å². The smallest absolute Gasteiger partial charge is 0.266 e. The van der Waals surface area contributed by atoms with Crippen LogP contribution in [0, 0.1) is 11.8 Å². The Kier molecular flexibility index (Phi) is 9.92. The van der Waals surface area contributed by atoms with Gasteiger partial charge >= 0.3 is 0 Å². The minimum atomic E-state index is -3.94. The fraction of sp³-hybridized carbons (Fsp3) is 0.636. The zero-order chi connectivity index (χ0) is 22.3. The number of nitrogens with zero attached hydrogens (tertiary/aromatic N) is 2. The van der Waals surface area contributed by atoms with Crippen molar-refractivity contribution in [2.24, 2.45) is 0 Å². The molecule has 0 aromatic carbocycles. The van der Waals surface area contributed by atoms with Gasteiger partial charge in [-0.2, -0.15) is 0 Å². The zero-order valence-corrected chi connectivity index (χ0v) is 20.0. The molecule has 0 bridgehead atoms. The topological polar surface area (TPSA) is 109 Å². The number of hydrogen-bond acceptors (Lipinski definition) is 6. The summed E-state index contributed by atoms with van der Waals surface area (Å²) >= 11 is 0. The Morgan fingerprint density at radius 3 is 2.56 bits per heavy atom. The highest BCUT2D eigenvalue weighted by Crippen LogP contribution is 2.36. The van der Waals surface area contributed by atoms with Crippen LogP contribution < -0.4 is 5.48 Å². The van der Waals surface area contributed by atoms with Gasteiger partial charge in [0.05, 0.1) is 0 Å². The second-order valence-corrected chi connectivity index (χ2v) is 10.4. The van der Waals surface area contributed by atoms with Gasteiger partial charge in [-0.15, -0.1) is 12.4 Å². The normalized spacial score (nSPS) is 19.3. The predicted octanol–water partition coefficient (Wildman–Crippen LogP) is 2.61. The molecule has 2 fully saturated rings. The van der Waals surface area contributed by atoms with Gasteiger partial charge in [-0.1, -0.05) is 25.2 Å². The van der Waals surface area contributed by atoms with E-state index in [4.69, 9.17) is 9.94 Å². The number of nitrogens with one attached hydrogen (secondary N) is 1. The molecule has 178 valence electrons. The number of unbranched alkanes of at least 4 members (excludes halogenated alkanes) is 2. The minimum absolute atomic E-state index is 0. The van der Waals surface area contributed by atoms with Crippen LogP contribution in [-0.4, -0.2) is 59.9 Å². The molecule has 32 heavy (non-hydrogen) atoms. The maximum Gasteiger partial charge on any atom is 0.266 e. The summed E-state index contributed by atoms with van der Waals surface area (Å²) in [6, 6.07) is 3.94. The van der Waals surface area contributed by atoms with Gasteiger partial charge in [0.2, 0.25) is 10.0 Å². The zero-order valence-electron chi connectivity index (χ0n) is 18.4. The van der Waals surface area contributed by atoms with E-state index in [1.165, 1.54) is 4.31 Å². The number of sulfonamides is 1. The molecule has 10 heteroatoms. The third-order valence-corrected chi connectivity index (χ3v) is 8.82. The number of piperidine rings is 1. The predicted molar refractivity (Wildman–Crippen MR) is 123 cm³/mol. The van der Waals surface area contributed by atoms with Crippen molar-refractivity contribution in [2.45, 2.75) is 62.5 Å². The van der Waals surface area contributed by atoms with E-state index in [2.05, 4.69) is 23.7 Å². The van der Waals surface area contributed by atoms with Crippen molar-refractivity contribution < 1.29 is 23.2 Å². The number of hydrogen-bond donors (Lipinski definition) is 2. The highest BCUT2D eigenvalue weighted by Gasteiger charge is 2.54. The lowest BCUT2D eigenvalue weighted by Gasteiger charge is -2.40. The van der Waals surface area contributed by atoms with Crippen molar-refractivity contribution in [2.75, 3.05) is 26.3 Å². The number of aromatic nitrogens is 1. The molecule has 2 N–H and O–H groups in total. The van der Waals surface area contributed by atoms with Gasteiger partial charge in [0.15, 0.2) is 4.75 Å². The monoisotopic (exact) mass is 485 g/mol. The molecule has 0 unspecified atom stereocenters. The number of rotatable bonds is 6. The van der Waals surface area contributed by atoms with Gasteiger partial charge in [-0.25, -0.2) is 18.2 Å². The molecule has 3 rings (SSSR count). The molecule has 0 radical (unpaired) electrons. The quantitative estimate of drug-likeness (QED) is 0.277. The van der Waals surface area contributed by atoms with Crippen LogP contribution in [0.4, 0.5) is 0 Å². The third kappa shape index (κ3) is 5.61. The number of ether oxygens (including phenoxy) is 1. The van der Waals surface area contributed by atoms with Crippen molar-refractivity contribution in [3.63, 3.8) is 0 Å². The first-order valence-electron chi connectivity index (χ1n) is 10.9. The van der Waals surface area contributed by atoms with Crippen LogP contribution in [0.3, 0.4) is 0 Å². The van der Waals surface area contributed by atoms with E-state index in [-0.39, 0.29) is 44.4 Å². The SMILES string of the molecule is CCCCC#Cc1ccc(C2CCN(S(=O)(=O)C3(C(=O)NO)CCOCC3)CC2)nc1.Cl. The Bertz CT molecular complexity index is 913. The van der Waals surface area contributed by atoms with E-state index in [9.17, 15) is 13.2 Å². The molecule has 3 heterocycles. The maximum atomic E-state index is 13.4. The standard InChI is InChI=1S/C22H31N3O5S.ClH/c1-2-3-4-5-6-18-7-8-20(23-17-18)19-9-13-25(14-10-19)31(28,29)22(21(26)24-27)11-15-30-16-12-22;/h7-8,17,19,27H,2-4,9-16H2,1H3,(H,24,26);1H. The van der Waals surface area contributed by atoms with E-state index in [1.807, 2.05) is 12.1 Å². The summed E-state index contributed by atoms with van der Waals surface area (Å²) in [6.45, 7) is 3.10. The summed E-state index contributed by atoms with van der Waals surface area (Å²) in [5.41, 5.74) is 3.38. The first kappa shape index (κ1) is 26.6. The summed E-state index contributed by atoms with van der Waals surface area (Å²) in [6.07, 6.45) is 6.19. The summed E-state index contributed by atoms with van der Waals surface area (Å²) < 4.78 is 31.7. The summed E-state index contributed by atoms with van der Waals surface area (Å²) in [4.78, 5) is 16.9. The molecule has 2 aliphatic rings. The van der Waals surface area contributed by atoms with Gasteiger partial charge in [0.25, 0.3) is 5.91 Å². The second kappa shape index (κ2) is 12.0. The number of pyridine rings is 1. The van der Waals surface area contributed by atoms with Crippen LogP contribution >= 0.6 is 12.4 Å². The van der Waals surface area contributed by atoms with Gasteiger partial charge in [-0.3, -0.25) is 15.0 Å². The summed E-state index contributed by atoms with van der Waals surface area (Å²) in [5.74, 6) is 5.55. The average Bonchev–Trinajstić information content (AvgIpc) is 2.82.